The number of alkyl halides is 3. The second-order valence-corrected chi connectivity index (χ2v) is 5.95. The van der Waals surface area contributed by atoms with Gasteiger partial charge in [0.2, 0.25) is 0 Å². The first-order chi connectivity index (χ1) is 10.9. The molecule has 2 aromatic carbocycles. The molecule has 7 heteroatoms. The summed E-state index contributed by atoms with van der Waals surface area (Å²) in [7, 11) is 0. The molecule has 0 atom stereocenters. The van der Waals surface area contributed by atoms with Crippen molar-refractivity contribution in [2.75, 3.05) is 5.32 Å². The minimum atomic E-state index is -4.42. The van der Waals surface area contributed by atoms with Crippen LogP contribution in [0.1, 0.15) is 5.56 Å². The number of anilines is 2. The third-order valence-electron chi connectivity index (χ3n) is 3.13. The third-order valence-corrected chi connectivity index (χ3v) is 4.22. The Kier molecular flexibility index (Phi) is 4.28. The van der Waals surface area contributed by atoms with Crippen molar-refractivity contribution in [2.45, 2.75) is 6.18 Å². The van der Waals surface area contributed by atoms with Crippen LogP contribution in [-0.2, 0) is 6.18 Å². The minimum absolute atomic E-state index is 0.0277. The van der Waals surface area contributed by atoms with Gasteiger partial charge in [-0.2, -0.15) is 13.2 Å². The summed E-state index contributed by atoms with van der Waals surface area (Å²) < 4.78 is 39.0. The van der Waals surface area contributed by atoms with Crippen LogP contribution in [0.15, 0.2) is 53.9 Å². The highest BCUT2D eigenvalue weighted by Crippen LogP contribution is 2.37. The molecule has 0 bridgehead atoms. The van der Waals surface area contributed by atoms with Gasteiger partial charge in [0.25, 0.3) is 0 Å². The number of aromatic nitrogens is 1. The van der Waals surface area contributed by atoms with Crippen molar-refractivity contribution in [3.05, 3.63) is 64.5 Å². The molecule has 0 saturated carbocycles. The highest BCUT2D eigenvalue weighted by atomic mass is 35.5. The highest BCUT2D eigenvalue weighted by Gasteiger charge is 2.33. The van der Waals surface area contributed by atoms with Crippen LogP contribution in [0.25, 0.3) is 11.3 Å². The first-order valence-electron chi connectivity index (χ1n) is 6.59. The molecule has 0 spiro atoms. The maximum absolute atomic E-state index is 13.0. The van der Waals surface area contributed by atoms with Gasteiger partial charge in [-0.1, -0.05) is 41.9 Å². The van der Waals surface area contributed by atoms with E-state index in [0.717, 1.165) is 11.6 Å². The van der Waals surface area contributed by atoms with Gasteiger partial charge < -0.3 is 5.32 Å². The van der Waals surface area contributed by atoms with Gasteiger partial charge in [-0.15, -0.1) is 11.3 Å². The van der Waals surface area contributed by atoms with Gasteiger partial charge in [0.1, 0.15) is 0 Å². The maximum atomic E-state index is 13.0. The van der Waals surface area contributed by atoms with Crippen LogP contribution >= 0.6 is 22.9 Å². The number of hydrogen-bond acceptors (Lipinski definition) is 3. The number of halogens is 4. The molecule has 0 aliphatic rings. The predicted octanol–water partition coefficient (Wildman–Crippen LogP) is 6.23. The number of hydrogen-bond donors (Lipinski definition) is 1. The van der Waals surface area contributed by atoms with E-state index >= 15 is 0 Å². The average Bonchev–Trinajstić information content (AvgIpc) is 2.95. The van der Waals surface area contributed by atoms with E-state index in [0.29, 0.717) is 15.8 Å². The van der Waals surface area contributed by atoms with Crippen molar-refractivity contribution in [2.24, 2.45) is 0 Å². The van der Waals surface area contributed by atoms with E-state index in [1.165, 1.54) is 23.5 Å². The van der Waals surface area contributed by atoms with Gasteiger partial charge in [0, 0.05) is 16.0 Å². The number of benzene rings is 2. The molecule has 0 aliphatic heterocycles. The predicted molar refractivity (Wildman–Crippen MR) is 87.3 cm³/mol. The molecule has 3 rings (SSSR count). The van der Waals surface area contributed by atoms with Crippen LogP contribution in [-0.4, -0.2) is 4.98 Å². The van der Waals surface area contributed by atoms with Gasteiger partial charge in [0.05, 0.1) is 16.9 Å². The summed E-state index contributed by atoms with van der Waals surface area (Å²) in [5, 5.41) is 5.40. The normalized spacial score (nSPS) is 11.5. The van der Waals surface area contributed by atoms with E-state index in [-0.39, 0.29) is 5.69 Å². The van der Waals surface area contributed by atoms with Crippen LogP contribution in [0.5, 0.6) is 0 Å². The zero-order valence-electron chi connectivity index (χ0n) is 11.6. The lowest BCUT2D eigenvalue weighted by atomic mass is 10.1. The lowest BCUT2D eigenvalue weighted by Gasteiger charge is -2.12. The Labute approximate surface area is 139 Å². The molecule has 0 unspecified atom stereocenters. The Morgan fingerprint density at radius 2 is 1.70 bits per heavy atom. The molecule has 0 amide bonds. The molecule has 0 saturated heterocycles. The molecule has 1 N–H and O–H groups in total. The number of para-hydroxylation sites is 1. The Balaban J connectivity index is 1.90. The van der Waals surface area contributed by atoms with Gasteiger partial charge in [0.15, 0.2) is 5.13 Å². The Hall–Kier alpha value is -2.05. The zero-order chi connectivity index (χ0) is 16.4. The summed E-state index contributed by atoms with van der Waals surface area (Å²) in [5.74, 6) is 0. The topological polar surface area (TPSA) is 24.9 Å². The molecule has 2 nitrogen and oxygen atoms in total. The first-order valence-corrected chi connectivity index (χ1v) is 7.84. The SMILES string of the molecule is FC(F)(F)c1ccccc1Nc1nc(-c2ccccc2Cl)cs1. The lowest BCUT2D eigenvalue weighted by molar-refractivity contribution is -0.136. The summed E-state index contributed by atoms with van der Waals surface area (Å²) in [6.45, 7) is 0. The lowest BCUT2D eigenvalue weighted by Crippen LogP contribution is -2.08. The monoisotopic (exact) mass is 354 g/mol. The van der Waals surface area contributed by atoms with Crippen molar-refractivity contribution in [1.82, 2.24) is 4.98 Å². The summed E-state index contributed by atoms with van der Waals surface area (Å²) >= 11 is 7.33. The largest absolute Gasteiger partial charge is 0.418 e. The summed E-state index contributed by atoms with van der Waals surface area (Å²) in [6, 6.07) is 12.5. The summed E-state index contributed by atoms with van der Waals surface area (Å²) in [4.78, 5) is 4.32. The average molecular weight is 355 g/mol. The van der Waals surface area contributed by atoms with Crippen LogP contribution in [0.2, 0.25) is 5.02 Å². The summed E-state index contributed by atoms with van der Waals surface area (Å²) in [6.07, 6.45) is -4.42. The second-order valence-electron chi connectivity index (χ2n) is 4.69. The number of nitrogens with one attached hydrogen (secondary N) is 1. The smallest absolute Gasteiger partial charge is 0.331 e. The number of nitrogens with zero attached hydrogens (tertiary/aromatic N) is 1. The van der Waals surface area contributed by atoms with Gasteiger partial charge >= 0.3 is 6.18 Å². The van der Waals surface area contributed by atoms with Crippen LogP contribution < -0.4 is 5.32 Å². The molecule has 1 aromatic heterocycles. The second kappa shape index (κ2) is 6.22. The molecular formula is C16H10ClF3N2S. The molecule has 0 fully saturated rings. The third kappa shape index (κ3) is 3.48. The molecule has 3 aromatic rings. The molecule has 0 aliphatic carbocycles. The fourth-order valence-electron chi connectivity index (χ4n) is 2.08. The minimum Gasteiger partial charge on any atom is -0.331 e. The van der Waals surface area contributed by atoms with E-state index in [1.807, 2.05) is 12.1 Å². The molecule has 23 heavy (non-hydrogen) atoms. The molecule has 1 heterocycles. The molecule has 118 valence electrons. The first kappa shape index (κ1) is 15.8. The fraction of sp³-hybridized carbons (Fsp3) is 0.0625. The van der Waals surface area contributed by atoms with Gasteiger partial charge in [-0.05, 0) is 18.2 Å². The van der Waals surface area contributed by atoms with E-state index in [4.69, 9.17) is 11.6 Å². The van der Waals surface area contributed by atoms with Crippen molar-refractivity contribution < 1.29 is 13.2 Å². The van der Waals surface area contributed by atoms with E-state index < -0.39 is 11.7 Å². The van der Waals surface area contributed by atoms with Crippen molar-refractivity contribution >= 4 is 33.8 Å². The highest BCUT2D eigenvalue weighted by molar-refractivity contribution is 7.14. The maximum Gasteiger partial charge on any atom is 0.418 e. The van der Waals surface area contributed by atoms with Gasteiger partial charge in [-0.25, -0.2) is 4.98 Å². The van der Waals surface area contributed by atoms with E-state index in [9.17, 15) is 13.2 Å². The van der Waals surface area contributed by atoms with Crippen molar-refractivity contribution in [1.29, 1.82) is 0 Å². The van der Waals surface area contributed by atoms with Gasteiger partial charge in [-0.3, -0.25) is 0 Å². The fourth-order valence-corrected chi connectivity index (χ4v) is 3.03. The van der Waals surface area contributed by atoms with Crippen LogP contribution in [0.3, 0.4) is 0 Å². The molecule has 0 radical (unpaired) electrons. The Morgan fingerprint density at radius 1 is 1.00 bits per heavy atom. The van der Waals surface area contributed by atoms with Crippen LogP contribution in [0, 0.1) is 0 Å². The standard InChI is InChI=1S/C16H10ClF3N2S/c17-12-7-3-1-5-10(12)14-9-23-15(22-14)21-13-8-4-2-6-11(13)16(18,19)20/h1-9H,(H,21,22). The summed E-state index contributed by atoms with van der Waals surface area (Å²) in [5.41, 5.74) is 0.602. The van der Waals surface area contributed by atoms with Crippen molar-refractivity contribution in [3.8, 4) is 11.3 Å². The Bertz CT molecular complexity index is 830. The Morgan fingerprint density at radius 3 is 2.43 bits per heavy atom. The number of thiazole rings is 1. The van der Waals surface area contributed by atoms with Crippen molar-refractivity contribution in [3.63, 3.8) is 0 Å². The molecular weight excluding hydrogens is 345 g/mol. The zero-order valence-corrected chi connectivity index (χ0v) is 13.1. The van der Waals surface area contributed by atoms with Crippen LogP contribution in [0.4, 0.5) is 24.0 Å². The number of rotatable bonds is 3. The van der Waals surface area contributed by atoms with E-state index in [1.54, 1.807) is 23.6 Å². The quantitative estimate of drug-likeness (QED) is 0.603. The van der Waals surface area contributed by atoms with E-state index in [2.05, 4.69) is 10.3 Å².